The minimum Gasteiger partial charge on any atom is -0.456 e. The lowest BCUT2D eigenvalue weighted by atomic mass is 10.00. The van der Waals surface area contributed by atoms with E-state index in [1.54, 1.807) is 0 Å². The Morgan fingerprint density at radius 1 is 0.177 bits per heavy atom. The molecule has 34 aromatic rings. The second-order valence-electron chi connectivity index (χ2n) is 37.9. The molecule has 17 nitrogen and oxygen atoms in total. The van der Waals surface area contributed by atoms with Gasteiger partial charge in [0.25, 0.3) is 0 Å². The zero-order chi connectivity index (χ0) is 95.9. The molecular formula is C129H74N16OS. The lowest BCUT2D eigenvalue weighted by Gasteiger charge is -2.11. The molecule has 19 aromatic carbocycles. The van der Waals surface area contributed by atoms with Crippen molar-refractivity contribution < 1.29 is 4.42 Å². The normalized spacial score (nSPS) is 12.2. The summed E-state index contributed by atoms with van der Waals surface area (Å²) in [6.45, 7) is 0. The molecule has 15 aromatic heterocycles. The fourth-order valence-corrected chi connectivity index (χ4v) is 24.5. The molecule has 0 radical (unpaired) electrons. The van der Waals surface area contributed by atoms with Crippen LogP contribution >= 0.6 is 11.3 Å². The number of furan rings is 1. The van der Waals surface area contributed by atoms with Crippen molar-refractivity contribution in [3.63, 3.8) is 0 Å². The van der Waals surface area contributed by atoms with E-state index in [2.05, 4.69) is 414 Å². The largest absolute Gasteiger partial charge is 0.456 e. The van der Waals surface area contributed by atoms with Gasteiger partial charge in [-0.1, -0.05) is 237 Å². The van der Waals surface area contributed by atoms with E-state index in [0.717, 1.165) is 216 Å². The van der Waals surface area contributed by atoms with Crippen molar-refractivity contribution in [1.29, 1.82) is 0 Å². The number of thiophene rings is 1. The van der Waals surface area contributed by atoms with Crippen molar-refractivity contribution in [3.05, 3.63) is 449 Å². The average molecular weight is 1900 g/mol. The predicted octanol–water partition coefficient (Wildman–Crippen LogP) is 32.4. The van der Waals surface area contributed by atoms with Gasteiger partial charge in [0, 0.05) is 98.3 Å². The Labute approximate surface area is 837 Å². The van der Waals surface area contributed by atoms with Gasteiger partial charge in [0.1, 0.15) is 28.6 Å². The van der Waals surface area contributed by atoms with Gasteiger partial charge >= 0.3 is 0 Å². The van der Waals surface area contributed by atoms with Gasteiger partial charge in [-0.05, 0) is 260 Å². The summed E-state index contributed by atoms with van der Waals surface area (Å²) in [7, 11) is 0. The Bertz CT molecular complexity index is 11200. The van der Waals surface area contributed by atoms with Crippen LogP contribution in [0.3, 0.4) is 0 Å². The van der Waals surface area contributed by atoms with Gasteiger partial charge in [-0.3, -0.25) is 41.9 Å². The Morgan fingerprint density at radius 3 is 0.952 bits per heavy atom. The third kappa shape index (κ3) is 12.1. The number of pyridine rings is 6. The summed E-state index contributed by atoms with van der Waals surface area (Å²) in [6, 6.07) is 152. The smallest absolute Gasteiger partial charge is 0.221 e. The quantitative estimate of drug-likeness (QED) is 0.140. The molecule has 0 aliphatic carbocycles. The minimum absolute atomic E-state index is 0.800. The van der Waals surface area contributed by atoms with Crippen LogP contribution in [-0.2, 0) is 0 Å². The van der Waals surface area contributed by atoms with Crippen LogP contribution in [-0.4, -0.2) is 76.3 Å². The number of benzene rings is 19. The maximum atomic E-state index is 6.12. The maximum absolute atomic E-state index is 6.12. The highest BCUT2D eigenvalue weighted by Gasteiger charge is 2.28. The van der Waals surface area contributed by atoms with Crippen LogP contribution in [0.25, 0.3) is 302 Å². The predicted molar refractivity (Wildman–Crippen MR) is 604 cm³/mol. The standard InChI is InChI=1S/C47H28N6.C41H23N5O.C41H23N5S/c1-2-11-31(12-3-1)51-39-18-8-6-15-34(39)37-27-29(20-23-40(37)51)30-21-24-42-43(28-30)52-41-19-9-7-17-38(41)49-47(52)53(42)44-25-22-36-33-14-5-4-13-32(33)35-16-10-26-48-45(35)46(36)50-44;2*1-2-9-27-26(8-1)29-11-7-21-42-39(29)40-30(27)17-20-38(44-40)46-34-18-15-25(23-35(34)45-33-13-5-4-12-32(33)43-41(45)46)24-16-19-37-31(22-24)28-10-3-6-14-36(28)47-37/h1-28H;2*1-23H. The third-order valence-corrected chi connectivity index (χ3v) is 31.1. The first kappa shape index (κ1) is 80.8. The van der Waals surface area contributed by atoms with E-state index in [1.807, 2.05) is 78.5 Å². The molecule has 0 atom stereocenters. The Morgan fingerprint density at radius 2 is 0.497 bits per heavy atom. The molecule has 0 fully saturated rings. The van der Waals surface area contributed by atoms with Crippen LogP contribution in [0.1, 0.15) is 0 Å². The SMILES string of the molecule is c1ccc(-n2c3ccccc3c3cc(-c4ccc5c(c4)n4c6ccccc6nc4n5-c4ccc5c6ccccc6c6cccnc6c5n4)ccc32)cc1.c1ccc2c(c1)nc1n(-c3ccc4c5ccccc5c5cccnc5c4n3)c3ccc(-c4ccc5oc6ccccc6c5c4)cc3n21.c1ccc2c(c1)nc1n(-c3ccc4c5ccccc5c5cccnc5c4n3)c3ccc(-c4ccc5sc6ccccc6c5c4)cc3n21. The molecule has 682 valence electrons. The molecule has 0 aliphatic heterocycles. The summed E-state index contributed by atoms with van der Waals surface area (Å²) in [4.78, 5) is 46.1. The van der Waals surface area contributed by atoms with Gasteiger partial charge in [0.2, 0.25) is 17.3 Å². The van der Waals surface area contributed by atoms with E-state index in [1.165, 1.54) is 85.4 Å². The molecule has 0 unspecified atom stereocenters. The molecule has 34 rings (SSSR count). The molecule has 0 amide bonds. The molecule has 0 saturated heterocycles. The van der Waals surface area contributed by atoms with Crippen molar-refractivity contribution in [3.8, 4) is 56.5 Å². The molecule has 15 heterocycles. The van der Waals surface area contributed by atoms with E-state index in [9.17, 15) is 0 Å². The lowest BCUT2D eigenvalue weighted by Crippen LogP contribution is -1.99. The van der Waals surface area contributed by atoms with Gasteiger partial charge in [-0.2, -0.15) is 0 Å². The van der Waals surface area contributed by atoms with Crippen molar-refractivity contribution in [2.45, 2.75) is 0 Å². The van der Waals surface area contributed by atoms with E-state index in [0.29, 0.717) is 0 Å². The summed E-state index contributed by atoms with van der Waals surface area (Å²) < 4.78 is 24.5. The van der Waals surface area contributed by atoms with Gasteiger partial charge in [0.05, 0.1) is 110 Å². The Hall–Kier alpha value is -19.9. The zero-order valence-corrected chi connectivity index (χ0v) is 79.0. The summed E-state index contributed by atoms with van der Waals surface area (Å²) in [6.07, 6.45) is 5.56. The van der Waals surface area contributed by atoms with Crippen molar-refractivity contribution >= 4 is 257 Å². The van der Waals surface area contributed by atoms with Crippen LogP contribution < -0.4 is 0 Å². The Balaban J connectivity index is 0.0000000982. The number of nitrogens with zero attached hydrogens (tertiary/aromatic N) is 16. The molecule has 0 bridgehead atoms. The molecule has 0 spiro atoms. The van der Waals surface area contributed by atoms with Crippen LogP contribution in [0.5, 0.6) is 0 Å². The molecule has 0 saturated carbocycles. The number of fused-ring (bicyclic) bond motifs is 42. The van der Waals surface area contributed by atoms with Crippen LogP contribution in [0, 0.1) is 0 Å². The van der Waals surface area contributed by atoms with E-state index >= 15 is 0 Å². The van der Waals surface area contributed by atoms with Gasteiger partial charge in [-0.15, -0.1) is 11.3 Å². The zero-order valence-electron chi connectivity index (χ0n) is 78.2. The average Bonchev–Trinajstić information content (AvgIpc) is 1.56. The number of imidazole rings is 6. The summed E-state index contributed by atoms with van der Waals surface area (Å²) in [5.41, 5.74) is 30.0. The highest BCUT2D eigenvalue weighted by atomic mass is 32.1. The highest BCUT2D eigenvalue weighted by Crippen LogP contribution is 2.46. The molecule has 0 N–H and O–H groups in total. The van der Waals surface area contributed by atoms with Crippen molar-refractivity contribution in [1.82, 2.24) is 76.3 Å². The first-order valence-electron chi connectivity index (χ1n) is 49.3. The molecular weight excluding hydrogens is 1820 g/mol. The monoisotopic (exact) mass is 1890 g/mol. The summed E-state index contributed by atoms with van der Waals surface area (Å²) >= 11 is 1.85. The third-order valence-electron chi connectivity index (χ3n) is 30.0. The second-order valence-corrected chi connectivity index (χ2v) is 39.0. The van der Waals surface area contributed by atoms with Crippen LogP contribution in [0.15, 0.2) is 454 Å². The first-order chi connectivity index (χ1) is 72.9. The Kier molecular flexibility index (Phi) is 17.2. The second kappa shape index (κ2) is 31.3. The molecule has 0 aliphatic rings. The van der Waals surface area contributed by atoms with Crippen LogP contribution in [0.4, 0.5) is 0 Å². The minimum atomic E-state index is 0.800. The maximum Gasteiger partial charge on any atom is 0.221 e. The van der Waals surface area contributed by atoms with E-state index in [4.69, 9.17) is 49.3 Å². The molecule has 147 heavy (non-hydrogen) atoms. The molecule has 18 heteroatoms. The fraction of sp³-hybridized carbons (Fsp3) is 0. The number of para-hydroxylation sites is 9. The van der Waals surface area contributed by atoms with Crippen molar-refractivity contribution in [2.24, 2.45) is 0 Å². The lowest BCUT2D eigenvalue weighted by molar-refractivity contribution is 0.669. The van der Waals surface area contributed by atoms with E-state index < -0.39 is 0 Å². The van der Waals surface area contributed by atoms with Crippen LogP contribution in [0.2, 0.25) is 0 Å². The number of hydrogen-bond donors (Lipinski definition) is 0. The summed E-state index contributed by atoms with van der Waals surface area (Å²) in [5.74, 6) is 4.90. The van der Waals surface area contributed by atoms with Gasteiger partial charge in [-0.25, -0.2) is 29.9 Å². The number of rotatable bonds is 7. The highest BCUT2D eigenvalue weighted by molar-refractivity contribution is 7.25. The number of hydrogen-bond acceptors (Lipinski definition) is 11. The first-order valence-corrected chi connectivity index (χ1v) is 50.1. The topological polar surface area (TPSA) is 162 Å². The van der Waals surface area contributed by atoms with Gasteiger partial charge < -0.3 is 8.98 Å². The summed E-state index contributed by atoms with van der Waals surface area (Å²) in [5, 5.41) is 20.9. The fourth-order valence-electron chi connectivity index (χ4n) is 23.4. The van der Waals surface area contributed by atoms with Crippen molar-refractivity contribution in [2.75, 3.05) is 0 Å². The van der Waals surface area contributed by atoms with E-state index in [-0.39, 0.29) is 0 Å². The number of aromatic nitrogens is 16. The van der Waals surface area contributed by atoms with Gasteiger partial charge in [0.15, 0.2) is 0 Å².